The number of hydrogen-bond donors (Lipinski definition) is 2. The number of methoxy groups -OCH3 is 3. The molecule has 0 bridgehead atoms. The summed E-state index contributed by atoms with van der Waals surface area (Å²) >= 11 is 1.02. The lowest BCUT2D eigenvalue weighted by Gasteiger charge is -2.13. The molecule has 4 rings (SSSR count). The van der Waals surface area contributed by atoms with Crippen LogP contribution in [0.2, 0.25) is 0 Å². The maximum Gasteiger partial charge on any atom is 0.416 e. The molecule has 1 aromatic heterocycles. The standard InChI is InChI=1S/C28H26F3N5O5S/c1-39-20-10-4-17(5-11-20)26(38)32-15-24-34-35-27(36(24)19-8-6-18(7-9-19)28(29,30)31)42-16-25(37)33-22-13-12-21(40-2)14-23(22)41-3/h4-14H,15-16H2,1-3H3,(H,32,38)(H,33,37). The minimum atomic E-state index is -4.51. The average Bonchev–Trinajstić information content (AvgIpc) is 3.41. The van der Waals surface area contributed by atoms with Gasteiger partial charge >= 0.3 is 6.18 Å². The van der Waals surface area contributed by atoms with Gasteiger partial charge in [-0.2, -0.15) is 13.2 Å². The predicted octanol–water partition coefficient (Wildman–Crippen LogP) is 4.97. The number of benzene rings is 3. The van der Waals surface area contributed by atoms with Crippen molar-refractivity contribution in [1.29, 1.82) is 0 Å². The van der Waals surface area contributed by atoms with Crippen LogP contribution in [0, 0.1) is 0 Å². The van der Waals surface area contributed by atoms with Crippen LogP contribution in [-0.2, 0) is 17.5 Å². The summed E-state index contributed by atoms with van der Waals surface area (Å²) in [6.45, 7) is -0.0886. The van der Waals surface area contributed by atoms with Crippen molar-refractivity contribution in [2.75, 3.05) is 32.4 Å². The van der Waals surface area contributed by atoms with E-state index < -0.39 is 17.6 Å². The first-order chi connectivity index (χ1) is 20.1. The van der Waals surface area contributed by atoms with Gasteiger partial charge in [0.15, 0.2) is 11.0 Å². The molecule has 2 amide bonds. The van der Waals surface area contributed by atoms with E-state index in [1.807, 2.05) is 0 Å². The lowest BCUT2D eigenvalue weighted by molar-refractivity contribution is -0.137. The summed E-state index contributed by atoms with van der Waals surface area (Å²) in [4.78, 5) is 25.5. The van der Waals surface area contributed by atoms with E-state index in [0.29, 0.717) is 34.2 Å². The number of rotatable bonds is 11. The van der Waals surface area contributed by atoms with Gasteiger partial charge in [-0.1, -0.05) is 11.8 Å². The Labute approximate surface area is 243 Å². The highest BCUT2D eigenvalue weighted by Gasteiger charge is 2.30. The second kappa shape index (κ2) is 13.3. The quantitative estimate of drug-likeness (QED) is 0.232. The highest BCUT2D eigenvalue weighted by atomic mass is 32.2. The number of aromatic nitrogens is 3. The van der Waals surface area contributed by atoms with Crippen molar-refractivity contribution in [3.63, 3.8) is 0 Å². The summed E-state index contributed by atoms with van der Waals surface area (Å²) in [5.74, 6) is 0.889. The number of carbonyl (C=O) groups excluding carboxylic acids is 2. The highest BCUT2D eigenvalue weighted by Crippen LogP contribution is 2.32. The summed E-state index contributed by atoms with van der Waals surface area (Å²) in [7, 11) is 4.48. The lowest BCUT2D eigenvalue weighted by Crippen LogP contribution is -2.24. The molecule has 0 aliphatic rings. The van der Waals surface area contributed by atoms with Crippen molar-refractivity contribution in [3.8, 4) is 22.9 Å². The van der Waals surface area contributed by atoms with Crippen molar-refractivity contribution in [3.05, 3.63) is 83.7 Å². The van der Waals surface area contributed by atoms with Crippen molar-refractivity contribution in [2.24, 2.45) is 0 Å². The Morgan fingerprint density at radius 2 is 1.55 bits per heavy atom. The minimum Gasteiger partial charge on any atom is -0.497 e. The zero-order valence-electron chi connectivity index (χ0n) is 22.7. The maximum absolute atomic E-state index is 13.2. The molecule has 14 heteroatoms. The molecular weight excluding hydrogens is 575 g/mol. The number of halogens is 3. The Morgan fingerprint density at radius 3 is 2.17 bits per heavy atom. The molecule has 10 nitrogen and oxygen atoms in total. The fraction of sp³-hybridized carbons (Fsp3) is 0.214. The van der Waals surface area contributed by atoms with E-state index in [-0.39, 0.29) is 29.2 Å². The average molecular weight is 602 g/mol. The van der Waals surface area contributed by atoms with Crippen LogP contribution < -0.4 is 24.8 Å². The number of thioether (sulfide) groups is 1. The zero-order chi connectivity index (χ0) is 30.3. The monoisotopic (exact) mass is 601 g/mol. The van der Waals surface area contributed by atoms with E-state index in [0.717, 1.165) is 23.9 Å². The summed E-state index contributed by atoms with van der Waals surface area (Å²) in [6, 6.07) is 15.8. The maximum atomic E-state index is 13.2. The molecule has 0 atom stereocenters. The van der Waals surface area contributed by atoms with Crippen LogP contribution in [0.25, 0.3) is 5.69 Å². The van der Waals surface area contributed by atoms with E-state index in [9.17, 15) is 22.8 Å². The van der Waals surface area contributed by atoms with Crippen LogP contribution in [0.15, 0.2) is 71.9 Å². The van der Waals surface area contributed by atoms with Gasteiger partial charge in [0.05, 0.1) is 44.9 Å². The van der Waals surface area contributed by atoms with Crippen LogP contribution in [0.1, 0.15) is 21.7 Å². The van der Waals surface area contributed by atoms with Crippen LogP contribution in [0.4, 0.5) is 18.9 Å². The second-order valence-electron chi connectivity index (χ2n) is 8.59. The van der Waals surface area contributed by atoms with Gasteiger partial charge in [0.2, 0.25) is 5.91 Å². The molecule has 0 unspecified atom stereocenters. The number of hydrogen-bond acceptors (Lipinski definition) is 8. The molecule has 0 radical (unpaired) electrons. The number of anilines is 1. The molecule has 4 aromatic rings. The molecule has 0 saturated heterocycles. The first-order valence-electron chi connectivity index (χ1n) is 12.3. The number of nitrogens with zero attached hydrogens (tertiary/aromatic N) is 3. The van der Waals surface area contributed by atoms with Crippen molar-refractivity contribution >= 4 is 29.3 Å². The third-order valence-electron chi connectivity index (χ3n) is 5.93. The molecule has 0 aliphatic carbocycles. The largest absolute Gasteiger partial charge is 0.497 e. The molecule has 0 spiro atoms. The third kappa shape index (κ3) is 7.32. The van der Waals surface area contributed by atoms with E-state index in [1.165, 1.54) is 38.0 Å². The Balaban J connectivity index is 1.53. The van der Waals surface area contributed by atoms with Gasteiger partial charge in [0, 0.05) is 17.3 Å². The van der Waals surface area contributed by atoms with E-state index >= 15 is 0 Å². The van der Waals surface area contributed by atoms with Gasteiger partial charge in [0.1, 0.15) is 17.2 Å². The van der Waals surface area contributed by atoms with E-state index in [2.05, 4.69) is 20.8 Å². The lowest BCUT2D eigenvalue weighted by atomic mass is 10.2. The van der Waals surface area contributed by atoms with Crippen LogP contribution >= 0.6 is 11.8 Å². The van der Waals surface area contributed by atoms with E-state index in [4.69, 9.17) is 14.2 Å². The molecule has 1 heterocycles. The summed E-state index contributed by atoms with van der Waals surface area (Å²) in [5, 5.41) is 14.0. The fourth-order valence-electron chi connectivity index (χ4n) is 3.79. The Kier molecular flexibility index (Phi) is 9.57. The summed E-state index contributed by atoms with van der Waals surface area (Å²) in [6.07, 6.45) is -4.51. The van der Waals surface area contributed by atoms with Gasteiger partial charge in [0.25, 0.3) is 5.91 Å². The molecule has 220 valence electrons. The van der Waals surface area contributed by atoms with Crippen LogP contribution in [0.5, 0.6) is 17.2 Å². The van der Waals surface area contributed by atoms with E-state index in [1.54, 1.807) is 42.5 Å². The molecule has 2 N–H and O–H groups in total. The molecular formula is C28H26F3N5O5S. The highest BCUT2D eigenvalue weighted by molar-refractivity contribution is 7.99. The molecule has 0 fully saturated rings. The smallest absolute Gasteiger partial charge is 0.416 e. The van der Waals surface area contributed by atoms with Gasteiger partial charge in [-0.25, -0.2) is 0 Å². The molecule has 0 aliphatic heterocycles. The van der Waals surface area contributed by atoms with Gasteiger partial charge in [-0.3, -0.25) is 14.2 Å². The normalized spacial score (nSPS) is 11.1. The van der Waals surface area contributed by atoms with Crippen molar-refractivity contribution < 1.29 is 37.0 Å². The fourth-order valence-corrected chi connectivity index (χ4v) is 4.56. The third-order valence-corrected chi connectivity index (χ3v) is 6.86. The first kappa shape index (κ1) is 30.2. The number of nitrogens with one attached hydrogen (secondary N) is 2. The molecule has 0 saturated carbocycles. The number of alkyl halides is 3. The van der Waals surface area contributed by atoms with Gasteiger partial charge in [-0.15, -0.1) is 10.2 Å². The van der Waals surface area contributed by atoms with Crippen molar-refractivity contribution in [2.45, 2.75) is 17.9 Å². The van der Waals surface area contributed by atoms with Gasteiger partial charge in [-0.05, 0) is 60.7 Å². The molecule has 42 heavy (non-hydrogen) atoms. The zero-order valence-corrected chi connectivity index (χ0v) is 23.5. The second-order valence-corrected chi connectivity index (χ2v) is 9.54. The Morgan fingerprint density at radius 1 is 0.881 bits per heavy atom. The Hall–Kier alpha value is -4.72. The number of ether oxygens (including phenoxy) is 3. The van der Waals surface area contributed by atoms with Crippen LogP contribution in [-0.4, -0.2) is 53.7 Å². The van der Waals surface area contributed by atoms with Crippen LogP contribution in [0.3, 0.4) is 0 Å². The summed E-state index contributed by atoms with van der Waals surface area (Å²) < 4.78 is 56.6. The minimum absolute atomic E-state index is 0.0886. The number of amides is 2. The van der Waals surface area contributed by atoms with Gasteiger partial charge < -0.3 is 24.8 Å². The summed E-state index contributed by atoms with van der Waals surface area (Å²) in [5.41, 5.74) is 0.295. The topological polar surface area (TPSA) is 117 Å². The Bertz CT molecular complexity index is 1540. The SMILES string of the molecule is COc1ccc(C(=O)NCc2nnc(SCC(=O)Nc3ccc(OC)cc3OC)n2-c2ccc(C(F)(F)F)cc2)cc1. The number of carbonyl (C=O) groups is 2. The predicted molar refractivity (Wildman–Crippen MR) is 149 cm³/mol. The molecule has 3 aromatic carbocycles. The van der Waals surface area contributed by atoms with Crippen molar-refractivity contribution in [1.82, 2.24) is 20.1 Å². The first-order valence-corrected chi connectivity index (χ1v) is 13.3.